The second kappa shape index (κ2) is 7.04. The monoisotopic (exact) mass is 377 g/mol. The number of amides is 1. The number of nitrogens with two attached hydrogens (primary N) is 1. The Labute approximate surface area is 162 Å². The molecular weight excluding hydrogens is 358 g/mol. The molecule has 136 valence electrons. The Hall–Kier alpha value is -2.86. The zero-order chi connectivity index (χ0) is 19.0. The second-order valence-electron chi connectivity index (χ2n) is 6.60. The average molecular weight is 377 g/mol. The highest BCUT2D eigenvalue weighted by molar-refractivity contribution is 7.99. The predicted molar refractivity (Wildman–Crippen MR) is 106 cm³/mol. The van der Waals surface area contributed by atoms with Gasteiger partial charge in [0, 0.05) is 12.0 Å². The van der Waals surface area contributed by atoms with E-state index in [2.05, 4.69) is 4.98 Å². The van der Waals surface area contributed by atoms with Gasteiger partial charge in [-0.25, -0.2) is 4.98 Å². The van der Waals surface area contributed by atoms with Crippen LogP contribution in [0.15, 0.2) is 47.5 Å². The van der Waals surface area contributed by atoms with E-state index in [0.717, 1.165) is 33.0 Å². The normalized spacial score (nSPS) is 12.1. The van der Waals surface area contributed by atoms with Crippen LogP contribution in [-0.4, -0.2) is 21.6 Å². The Bertz CT molecular complexity index is 1030. The van der Waals surface area contributed by atoms with E-state index < -0.39 is 0 Å². The van der Waals surface area contributed by atoms with Gasteiger partial charge in [-0.15, -0.1) is 0 Å². The van der Waals surface area contributed by atoms with Crippen LogP contribution >= 0.6 is 11.8 Å². The molecule has 0 spiro atoms. The number of carbonyl (C=O) groups is 1. The van der Waals surface area contributed by atoms with Crippen LogP contribution < -0.4 is 10.5 Å². The van der Waals surface area contributed by atoms with E-state index in [1.165, 1.54) is 17.3 Å². The maximum absolute atomic E-state index is 11.3. The highest BCUT2D eigenvalue weighted by atomic mass is 32.2. The lowest BCUT2D eigenvalue weighted by atomic mass is 10.0. The lowest BCUT2D eigenvalue weighted by molar-refractivity contribution is -0.115. The quantitative estimate of drug-likeness (QED) is 0.429. The molecule has 0 fully saturated rings. The molecule has 27 heavy (non-hydrogen) atoms. The van der Waals surface area contributed by atoms with Crippen LogP contribution in [0, 0.1) is 13.8 Å². The largest absolute Gasteiger partial charge is 0.438 e. The molecule has 1 aliphatic heterocycles. The third-order valence-electron chi connectivity index (χ3n) is 4.45. The molecule has 0 radical (unpaired) electrons. The molecule has 1 aliphatic rings. The number of fused-ring (bicyclic) bond motifs is 2. The number of para-hydroxylation sites is 1. The Kier molecular flexibility index (Phi) is 4.58. The fraction of sp³-hybridized carbons (Fsp3) is 0.190. The molecule has 3 aromatic rings. The zero-order valence-corrected chi connectivity index (χ0v) is 16.0. The SMILES string of the molecule is Cc1ccc(-c2nc3c(c(SCC(N)=O)n2)Cc2cccc(C)c2O3)cc1. The van der Waals surface area contributed by atoms with Gasteiger partial charge in [0.25, 0.3) is 0 Å². The summed E-state index contributed by atoms with van der Waals surface area (Å²) in [5.41, 5.74) is 10.5. The first kappa shape index (κ1) is 17.5. The number of ether oxygens (including phenoxy) is 1. The van der Waals surface area contributed by atoms with E-state index in [1.54, 1.807) is 0 Å². The van der Waals surface area contributed by atoms with Crippen molar-refractivity contribution in [3.63, 3.8) is 0 Å². The van der Waals surface area contributed by atoms with Crippen molar-refractivity contribution < 1.29 is 9.53 Å². The Morgan fingerprint density at radius 1 is 1.15 bits per heavy atom. The summed E-state index contributed by atoms with van der Waals surface area (Å²) in [6.45, 7) is 4.06. The average Bonchev–Trinajstić information content (AvgIpc) is 2.65. The van der Waals surface area contributed by atoms with Crippen LogP contribution in [0.3, 0.4) is 0 Å². The van der Waals surface area contributed by atoms with Crippen molar-refractivity contribution in [3.8, 4) is 23.0 Å². The molecule has 2 N–H and O–H groups in total. The van der Waals surface area contributed by atoms with Crippen molar-refractivity contribution in [3.05, 3.63) is 64.7 Å². The molecule has 4 rings (SSSR count). The smallest absolute Gasteiger partial charge is 0.227 e. The zero-order valence-electron chi connectivity index (χ0n) is 15.2. The minimum Gasteiger partial charge on any atom is -0.438 e. The summed E-state index contributed by atoms with van der Waals surface area (Å²) >= 11 is 1.33. The summed E-state index contributed by atoms with van der Waals surface area (Å²) in [5.74, 6) is 1.77. The minimum atomic E-state index is -0.378. The maximum Gasteiger partial charge on any atom is 0.227 e. The van der Waals surface area contributed by atoms with Gasteiger partial charge in [-0.3, -0.25) is 4.79 Å². The van der Waals surface area contributed by atoms with E-state index in [0.29, 0.717) is 18.1 Å². The molecule has 0 saturated carbocycles. The van der Waals surface area contributed by atoms with E-state index >= 15 is 0 Å². The first-order chi connectivity index (χ1) is 13.0. The van der Waals surface area contributed by atoms with E-state index in [9.17, 15) is 4.79 Å². The molecule has 6 heteroatoms. The first-order valence-electron chi connectivity index (χ1n) is 8.66. The summed E-state index contributed by atoms with van der Waals surface area (Å²) in [5, 5.41) is 0.738. The van der Waals surface area contributed by atoms with Gasteiger partial charge in [-0.05, 0) is 25.0 Å². The van der Waals surface area contributed by atoms with Gasteiger partial charge in [-0.1, -0.05) is 59.8 Å². The van der Waals surface area contributed by atoms with Crippen LogP contribution in [0.5, 0.6) is 11.6 Å². The molecule has 1 amide bonds. The number of carbonyl (C=O) groups excluding carboxylic acids is 1. The maximum atomic E-state index is 11.3. The summed E-state index contributed by atoms with van der Waals surface area (Å²) in [6.07, 6.45) is 0.668. The third kappa shape index (κ3) is 3.53. The Balaban J connectivity index is 1.82. The van der Waals surface area contributed by atoms with Gasteiger partial charge in [0.1, 0.15) is 10.8 Å². The number of hydrogen-bond donors (Lipinski definition) is 1. The van der Waals surface area contributed by atoms with Gasteiger partial charge < -0.3 is 10.5 Å². The van der Waals surface area contributed by atoms with Crippen molar-refractivity contribution in [2.45, 2.75) is 25.3 Å². The molecular formula is C21H19N3O2S. The Morgan fingerprint density at radius 3 is 2.67 bits per heavy atom. The summed E-state index contributed by atoms with van der Waals surface area (Å²) in [6, 6.07) is 14.1. The first-order valence-corrected chi connectivity index (χ1v) is 9.65. The van der Waals surface area contributed by atoms with Crippen molar-refractivity contribution in [1.29, 1.82) is 0 Å². The molecule has 0 saturated heterocycles. The van der Waals surface area contributed by atoms with E-state index in [4.69, 9.17) is 15.5 Å². The number of rotatable bonds is 4. The topological polar surface area (TPSA) is 78.1 Å². The summed E-state index contributed by atoms with van der Waals surface area (Å²) in [7, 11) is 0. The standard InChI is InChI=1S/C21H19N3O2S/c1-12-6-8-14(9-7-12)19-23-20-16(21(24-19)27-11-17(22)25)10-15-5-3-4-13(2)18(15)26-20/h3-9H,10-11H2,1-2H3,(H2,22,25). The van der Waals surface area contributed by atoms with Crippen LogP contribution in [0.2, 0.25) is 0 Å². The minimum absolute atomic E-state index is 0.164. The number of benzene rings is 2. The third-order valence-corrected chi connectivity index (χ3v) is 5.49. The molecule has 0 unspecified atom stereocenters. The number of aromatic nitrogens is 2. The number of primary amides is 1. The van der Waals surface area contributed by atoms with Crippen LogP contribution in [0.4, 0.5) is 0 Å². The van der Waals surface area contributed by atoms with Crippen LogP contribution in [-0.2, 0) is 11.2 Å². The fourth-order valence-corrected chi connectivity index (χ4v) is 3.82. The number of hydrogen-bond acceptors (Lipinski definition) is 5. The molecule has 5 nitrogen and oxygen atoms in total. The number of aryl methyl sites for hydroxylation is 2. The van der Waals surface area contributed by atoms with Crippen LogP contribution in [0.1, 0.15) is 22.3 Å². The van der Waals surface area contributed by atoms with E-state index in [-0.39, 0.29) is 11.7 Å². The molecule has 2 heterocycles. The lowest BCUT2D eigenvalue weighted by Gasteiger charge is -2.23. The van der Waals surface area contributed by atoms with Gasteiger partial charge in [0.15, 0.2) is 5.82 Å². The van der Waals surface area contributed by atoms with Crippen molar-refractivity contribution in [1.82, 2.24) is 9.97 Å². The molecule has 1 aromatic heterocycles. The highest BCUT2D eigenvalue weighted by Gasteiger charge is 2.25. The fourth-order valence-electron chi connectivity index (χ4n) is 3.06. The number of thioether (sulfide) groups is 1. The predicted octanol–water partition coefficient (Wildman–Crippen LogP) is 4.03. The second-order valence-corrected chi connectivity index (χ2v) is 7.56. The van der Waals surface area contributed by atoms with Gasteiger partial charge in [0.05, 0.1) is 11.3 Å². The number of nitrogens with zero attached hydrogens (tertiary/aromatic N) is 2. The van der Waals surface area contributed by atoms with E-state index in [1.807, 2.05) is 56.3 Å². The lowest BCUT2D eigenvalue weighted by Crippen LogP contribution is -2.15. The molecule has 2 aromatic carbocycles. The molecule has 0 bridgehead atoms. The summed E-state index contributed by atoms with van der Waals surface area (Å²) < 4.78 is 6.16. The van der Waals surface area contributed by atoms with Crippen molar-refractivity contribution >= 4 is 17.7 Å². The summed E-state index contributed by atoms with van der Waals surface area (Å²) in [4.78, 5) is 20.7. The Morgan fingerprint density at radius 2 is 1.93 bits per heavy atom. The van der Waals surface area contributed by atoms with Gasteiger partial charge in [0.2, 0.25) is 11.8 Å². The van der Waals surface area contributed by atoms with Crippen LogP contribution in [0.25, 0.3) is 11.4 Å². The highest BCUT2D eigenvalue weighted by Crippen LogP contribution is 2.41. The van der Waals surface area contributed by atoms with Crippen molar-refractivity contribution in [2.24, 2.45) is 5.73 Å². The molecule has 0 atom stereocenters. The van der Waals surface area contributed by atoms with Gasteiger partial charge >= 0.3 is 0 Å². The van der Waals surface area contributed by atoms with Gasteiger partial charge in [-0.2, -0.15) is 4.98 Å². The molecule has 0 aliphatic carbocycles. The van der Waals surface area contributed by atoms with Crippen molar-refractivity contribution in [2.75, 3.05) is 5.75 Å².